The van der Waals surface area contributed by atoms with Crippen LogP contribution in [0.15, 0.2) is 35.1 Å². The number of nitrogens with two attached hydrogens (primary N) is 1. The maximum absolute atomic E-state index is 12.1. The standard InChI is InChI=1S/C13H15N3O2/c1-9-12(18-8-15-9)13(17)16(2)7-10-5-3-4-6-11(10)14/h3-6,8H,7,14H2,1-2H3. The van der Waals surface area contributed by atoms with Gasteiger partial charge in [0, 0.05) is 19.3 Å². The van der Waals surface area contributed by atoms with Crippen LogP contribution in [0.1, 0.15) is 21.8 Å². The Morgan fingerprint density at radius 1 is 1.44 bits per heavy atom. The fraction of sp³-hybridized carbons (Fsp3) is 0.231. The molecule has 2 rings (SSSR count). The Labute approximate surface area is 105 Å². The molecule has 5 heteroatoms. The second-order valence-electron chi connectivity index (χ2n) is 4.13. The number of anilines is 1. The van der Waals surface area contributed by atoms with Gasteiger partial charge >= 0.3 is 0 Å². The number of para-hydroxylation sites is 1. The number of carbonyl (C=O) groups is 1. The molecule has 0 spiro atoms. The Kier molecular flexibility index (Phi) is 3.32. The monoisotopic (exact) mass is 245 g/mol. The Balaban J connectivity index is 2.14. The van der Waals surface area contributed by atoms with E-state index in [1.165, 1.54) is 6.39 Å². The lowest BCUT2D eigenvalue weighted by atomic mass is 10.1. The minimum atomic E-state index is -0.201. The van der Waals surface area contributed by atoms with E-state index >= 15 is 0 Å². The van der Waals surface area contributed by atoms with E-state index in [0.29, 0.717) is 17.9 Å². The Morgan fingerprint density at radius 2 is 2.17 bits per heavy atom. The van der Waals surface area contributed by atoms with Crippen LogP contribution in [0.4, 0.5) is 5.69 Å². The molecule has 1 amide bonds. The van der Waals surface area contributed by atoms with Crippen LogP contribution in [0.3, 0.4) is 0 Å². The summed E-state index contributed by atoms with van der Waals surface area (Å²) < 4.78 is 5.08. The summed E-state index contributed by atoms with van der Waals surface area (Å²) in [5.41, 5.74) is 8.01. The number of rotatable bonds is 3. The van der Waals surface area contributed by atoms with Crippen LogP contribution in [-0.2, 0) is 6.54 Å². The van der Waals surface area contributed by atoms with Crippen LogP contribution in [0.5, 0.6) is 0 Å². The zero-order chi connectivity index (χ0) is 13.1. The van der Waals surface area contributed by atoms with Crippen molar-refractivity contribution in [1.29, 1.82) is 0 Å². The van der Waals surface area contributed by atoms with Gasteiger partial charge < -0.3 is 15.1 Å². The van der Waals surface area contributed by atoms with Gasteiger partial charge in [-0.2, -0.15) is 0 Å². The number of nitrogens with zero attached hydrogens (tertiary/aromatic N) is 2. The van der Waals surface area contributed by atoms with Gasteiger partial charge in [0.05, 0.1) is 5.69 Å². The predicted molar refractivity (Wildman–Crippen MR) is 67.9 cm³/mol. The molecule has 94 valence electrons. The summed E-state index contributed by atoms with van der Waals surface area (Å²) in [7, 11) is 1.71. The smallest absolute Gasteiger partial charge is 0.291 e. The van der Waals surface area contributed by atoms with E-state index in [9.17, 15) is 4.79 Å². The van der Waals surface area contributed by atoms with E-state index in [1.807, 2.05) is 24.3 Å². The molecule has 0 bridgehead atoms. The van der Waals surface area contributed by atoms with E-state index in [1.54, 1.807) is 18.9 Å². The van der Waals surface area contributed by atoms with E-state index < -0.39 is 0 Å². The first-order chi connectivity index (χ1) is 8.59. The molecule has 0 atom stereocenters. The SMILES string of the molecule is Cc1ncoc1C(=O)N(C)Cc1ccccc1N. The summed E-state index contributed by atoms with van der Waals surface area (Å²) in [5, 5.41) is 0. The second kappa shape index (κ2) is 4.91. The average molecular weight is 245 g/mol. The minimum Gasteiger partial charge on any atom is -0.438 e. The maximum atomic E-state index is 12.1. The first kappa shape index (κ1) is 12.2. The number of oxazole rings is 1. The number of hydrogen-bond acceptors (Lipinski definition) is 4. The van der Waals surface area contributed by atoms with Gasteiger partial charge in [-0.3, -0.25) is 4.79 Å². The van der Waals surface area contributed by atoms with Crippen LogP contribution < -0.4 is 5.73 Å². The van der Waals surface area contributed by atoms with Gasteiger partial charge in [0.15, 0.2) is 6.39 Å². The lowest BCUT2D eigenvalue weighted by Crippen LogP contribution is -2.26. The van der Waals surface area contributed by atoms with Crippen molar-refractivity contribution in [3.8, 4) is 0 Å². The van der Waals surface area contributed by atoms with Crippen molar-refractivity contribution in [2.24, 2.45) is 0 Å². The molecule has 0 aliphatic heterocycles. The molecule has 1 aromatic carbocycles. The van der Waals surface area contributed by atoms with Crippen LogP contribution in [0.25, 0.3) is 0 Å². The number of benzene rings is 1. The van der Waals surface area contributed by atoms with Gasteiger partial charge in [-0.1, -0.05) is 18.2 Å². The molecule has 0 saturated carbocycles. The summed E-state index contributed by atoms with van der Waals surface area (Å²) >= 11 is 0. The zero-order valence-electron chi connectivity index (χ0n) is 10.4. The average Bonchev–Trinajstić information content (AvgIpc) is 2.77. The molecule has 0 radical (unpaired) electrons. The van der Waals surface area contributed by atoms with Crippen molar-refractivity contribution in [3.05, 3.63) is 47.7 Å². The molecule has 18 heavy (non-hydrogen) atoms. The van der Waals surface area contributed by atoms with Gasteiger partial charge in [-0.05, 0) is 18.6 Å². The van der Waals surface area contributed by atoms with Gasteiger partial charge in [0.25, 0.3) is 5.91 Å². The Hall–Kier alpha value is -2.30. The zero-order valence-corrected chi connectivity index (χ0v) is 10.4. The van der Waals surface area contributed by atoms with E-state index in [4.69, 9.17) is 10.2 Å². The normalized spacial score (nSPS) is 10.3. The van der Waals surface area contributed by atoms with Crippen molar-refractivity contribution in [2.75, 3.05) is 12.8 Å². The molecular weight excluding hydrogens is 230 g/mol. The molecule has 2 aromatic rings. The summed E-state index contributed by atoms with van der Waals surface area (Å²) in [5.74, 6) is 0.0697. The quantitative estimate of drug-likeness (QED) is 0.837. The highest BCUT2D eigenvalue weighted by molar-refractivity contribution is 5.92. The highest BCUT2D eigenvalue weighted by Crippen LogP contribution is 2.15. The molecule has 1 heterocycles. The highest BCUT2D eigenvalue weighted by Gasteiger charge is 2.18. The number of hydrogen-bond donors (Lipinski definition) is 1. The number of aromatic nitrogens is 1. The third kappa shape index (κ3) is 2.34. The molecule has 0 fully saturated rings. The van der Waals surface area contributed by atoms with Crippen molar-refractivity contribution in [1.82, 2.24) is 9.88 Å². The number of carbonyl (C=O) groups excluding carboxylic acids is 1. The summed E-state index contributed by atoms with van der Waals surface area (Å²) in [6.45, 7) is 2.17. The number of amides is 1. The Bertz CT molecular complexity index is 563. The van der Waals surface area contributed by atoms with Crippen LogP contribution in [0, 0.1) is 6.92 Å². The topological polar surface area (TPSA) is 72.4 Å². The van der Waals surface area contributed by atoms with E-state index in [-0.39, 0.29) is 11.7 Å². The maximum Gasteiger partial charge on any atom is 0.291 e. The Morgan fingerprint density at radius 3 is 2.78 bits per heavy atom. The number of aryl methyl sites for hydroxylation is 1. The fourth-order valence-electron chi connectivity index (χ4n) is 1.69. The van der Waals surface area contributed by atoms with Crippen molar-refractivity contribution >= 4 is 11.6 Å². The third-order valence-corrected chi connectivity index (χ3v) is 2.75. The first-order valence-electron chi connectivity index (χ1n) is 5.58. The lowest BCUT2D eigenvalue weighted by molar-refractivity contribution is 0.0753. The van der Waals surface area contributed by atoms with E-state index in [0.717, 1.165) is 5.56 Å². The fourth-order valence-corrected chi connectivity index (χ4v) is 1.69. The van der Waals surface area contributed by atoms with Crippen LogP contribution in [-0.4, -0.2) is 22.8 Å². The van der Waals surface area contributed by atoms with Gasteiger partial charge in [0.2, 0.25) is 5.76 Å². The summed E-state index contributed by atoms with van der Waals surface area (Å²) in [6.07, 6.45) is 1.27. The highest BCUT2D eigenvalue weighted by atomic mass is 16.3. The molecule has 0 unspecified atom stereocenters. The predicted octanol–water partition coefficient (Wildman–Crippen LogP) is 1.84. The molecule has 5 nitrogen and oxygen atoms in total. The van der Waals surface area contributed by atoms with Crippen molar-refractivity contribution in [3.63, 3.8) is 0 Å². The summed E-state index contributed by atoms with van der Waals surface area (Å²) in [6, 6.07) is 7.46. The molecular formula is C13H15N3O2. The number of nitrogen functional groups attached to an aromatic ring is 1. The van der Waals surface area contributed by atoms with Gasteiger partial charge in [0.1, 0.15) is 0 Å². The molecule has 2 N–H and O–H groups in total. The second-order valence-corrected chi connectivity index (χ2v) is 4.13. The van der Waals surface area contributed by atoms with Crippen molar-refractivity contribution in [2.45, 2.75) is 13.5 Å². The largest absolute Gasteiger partial charge is 0.438 e. The first-order valence-corrected chi connectivity index (χ1v) is 5.58. The van der Waals surface area contributed by atoms with Crippen LogP contribution >= 0.6 is 0 Å². The van der Waals surface area contributed by atoms with Crippen molar-refractivity contribution < 1.29 is 9.21 Å². The summed E-state index contributed by atoms with van der Waals surface area (Å²) in [4.78, 5) is 17.6. The third-order valence-electron chi connectivity index (χ3n) is 2.75. The lowest BCUT2D eigenvalue weighted by Gasteiger charge is -2.17. The molecule has 0 aliphatic carbocycles. The van der Waals surface area contributed by atoms with Crippen LogP contribution in [0.2, 0.25) is 0 Å². The van der Waals surface area contributed by atoms with Gasteiger partial charge in [-0.15, -0.1) is 0 Å². The van der Waals surface area contributed by atoms with Gasteiger partial charge in [-0.25, -0.2) is 4.98 Å². The van der Waals surface area contributed by atoms with E-state index in [2.05, 4.69) is 4.98 Å². The molecule has 1 aromatic heterocycles. The molecule has 0 aliphatic rings. The molecule has 0 saturated heterocycles. The minimum absolute atomic E-state index is 0.201.